The SMILES string of the molecule is Nc1ccc(-c2cccs2)cc1NC(=O)c1ccc(CNC(=O)OCC[P+](=O)O)cc1. The van der Waals surface area contributed by atoms with Gasteiger partial charge in [0.15, 0.2) is 0 Å². The molecule has 10 heteroatoms. The van der Waals surface area contributed by atoms with Crippen molar-refractivity contribution in [2.24, 2.45) is 0 Å². The molecule has 8 nitrogen and oxygen atoms in total. The van der Waals surface area contributed by atoms with Crippen LogP contribution in [0.2, 0.25) is 0 Å². The molecule has 3 aromatic rings. The fourth-order valence-electron chi connectivity index (χ4n) is 2.67. The lowest BCUT2D eigenvalue weighted by Gasteiger charge is -2.11. The van der Waals surface area contributed by atoms with Crippen molar-refractivity contribution in [1.82, 2.24) is 5.32 Å². The van der Waals surface area contributed by atoms with E-state index in [0.717, 1.165) is 16.0 Å². The van der Waals surface area contributed by atoms with Gasteiger partial charge < -0.3 is 21.1 Å². The number of benzene rings is 2. The van der Waals surface area contributed by atoms with Gasteiger partial charge in [-0.1, -0.05) is 24.3 Å². The van der Waals surface area contributed by atoms with Gasteiger partial charge in [0.1, 0.15) is 6.61 Å². The zero-order valence-electron chi connectivity index (χ0n) is 16.4. The van der Waals surface area contributed by atoms with Gasteiger partial charge >= 0.3 is 14.1 Å². The van der Waals surface area contributed by atoms with Crippen LogP contribution in [-0.4, -0.2) is 29.7 Å². The van der Waals surface area contributed by atoms with E-state index in [9.17, 15) is 14.2 Å². The van der Waals surface area contributed by atoms with Crippen LogP contribution in [0.25, 0.3) is 10.4 Å². The molecule has 1 heterocycles. The van der Waals surface area contributed by atoms with E-state index in [0.29, 0.717) is 16.9 Å². The van der Waals surface area contributed by atoms with Crippen LogP contribution in [0.5, 0.6) is 0 Å². The van der Waals surface area contributed by atoms with Crippen molar-refractivity contribution in [3.05, 3.63) is 71.1 Å². The van der Waals surface area contributed by atoms with Crippen molar-refractivity contribution in [3.63, 3.8) is 0 Å². The third kappa shape index (κ3) is 6.62. The first-order valence-corrected chi connectivity index (χ1v) is 11.6. The van der Waals surface area contributed by atoms with Crippen molar-refractivity contribution >= 4 is 42.7 Å². The quantitative estimate of drug-likeness (QED) is 0.295. The number of anilines is 2. The third-order valence-corrected chi connectivity index (χ3v) is 5.76. The Kier molecular flexibility index (Phi) is 7.72. The number of hydrogen-bond donors (Lipinski definition) is 4. The zero-order chi connectivity index (χ0) is 22.2. The molecule has 2 amide bonds. The molecule has 0 saturated heterocycles. The number of carbonyl (C=O) groups excluding carboxylic acids is 2. The molecule has 0 aliphatic carbocycles. The largest absolute Gasteiger partial charge is 0.509 e. The number of ether oxygens (including phenoxy) is 1. The van der Waals surface area contributed by atoms with Crippen LogP contribution in [0.15, 0.2) is 60.0 Å². The van der Waals surface area contributed by atoms with Crippen molar-refractivity contribution < 1.29 is 23.8 Å². The number of nitrogens with one attached hydrogen (secondary N) is 2. The highest BCUT2D eigenvalue weighted by Crippen LogP contribution is 2.30. The topological polar surface area (TPSA) is 131 Å². The van der Waals surface area contributed by atoms with E-state index in [1.165, 1.54) is 0 Å². The number of thiophene rings is 1. The lowest BCUT2D eigenvalue weighted by molar-refractivity contribution is 0.102. The van der Waals surface area contributed by atoms with Gasteiger partial charge in [0.05, 0.1) is 11.4 Å². The van der Waals surface area contributed by atoms with Gasteiger partial charge in [-0.15, -0.1) is 11.3 Å². The minimum absolute atomic E-state index is 0.104. The Hall–Kier alpha value is -3.26. The van der Waals surface area contributed by atoms with Crippen molar-refractivity contribution in [1.29, 1.82) is 0 Å². The second-order valence-electron chi connectivity index (χ2n) is 6.50. The number of alkyl carbamates (subject to hydrolysis) is 1. The Morgan fingerprint density at radius 3 is 2.58 bits per heavy atom. The van der Waals surface area contributed by atoms with Crippen LogP contribution >= 0.6 is 19.4 Å². The minimum atomic E-state index is -2.33. The molecule has 1 atom stereocenters. The molecular formula is C21H21N3O5PS+. The average molecular weight is 458 g/mol. The van der Waals surface area contributed by atoms with Gasteiger partial charge in [-0.3, -0.25) is 4.79 Å². The van der Waals surface area contributed by atoms with Crippen molar-refractivity contribution in [3.8, 4) is 10.4 Å². The second-order valence-corrected chi connectivity index (χ2v) is 8.59. The highest BCUT2D eigenvalue weighted by atomic mass is 32.1. The Balaban J connectivity index is 1.56. The van der Waals surface area contributed by atoms with Crippen LogP contribution in [-0.2, 0) is 15.8 Å². The first kappa shape index (κ1) is 22.4. The summed E-state index contributed by atoms with van der Waals surface area (Å²) in [6.45, 7) is 0.0647. The standard InChI is InChI=1S/C21H20N3O5PS/c22-17-8-7-16(19-2-1-11-31-19)12-18(17)24-20(25)15-5-3-14(4-6-15)13-23-21(26)29-9-10-30(27)28/h1-8,11-12H,9-10,13,22H2,(H2-,23,24,25,26,27,28)/p+1. The fourth-order valence-corrected chi connectivity index (χ4v) is 3.64. The van der Waals surface area contributed by atoms with E-state index >= 15 is 0 Å². The molecule has 160 valence electrons. The van der Waals surface area contributed by atoms with E-state index < -0.39 is 14.1 Å². The Bertz CT molecular complexity index is 1070. The zero-order valence-corrected chi connectivity index (χ0v) is 18.1. The Labute approximate surface area is 183 Å². The maximum absolute atomic E-state index is 12.6. The Morgan fingerprint density at radius 1 is 1.13 bits per heavy atom. The monoisotopic (exact) mass is 458 g/mol. The van der Waals surface area contributed by atoms with Gasteiger partial charge in [-0.25, -0.2) is 4.79 Å². The van der Waals surface area contributed by atoms with Gasteiger partial charge in [-0.2, -0.15) is 4.89 Å². The maximum Gasteiger partial charge on any atom is 0.509 e. The summed E-state index contributed by atoms with van der Waals surface area (Å²) in [7, 11) is -2.33. The van der Waals surface area contributed by atoms with Crippen LogP contribution in [0.1, 0.15) is 15.9 Å². The van der Waals surface area contributed by atoms with Crippen LogP contribution in [0, 0.1) is 0 Å². The second kappa shape index (κ2) is 10.7. The summed E-state index contributed by atoms with van der Waals surface area (Å²) in [6.07, 6.45) is -0.785. The summed E-state index contributed by atoms with van der Waals surface area (Å²) < 4.78 is 15.3. The van der Waals surface area contributed by atoms with Crippen LogP contribution in [0.4, 0.5) is 16.2 Å². The van der Waals surface area contributed by atoms with Crippen LogP contribution < -0.4 is 16.4 Å². The summed E-state index contributed by atoms with van der Waals surface area (Å²) in [6, 6.07) is 16.2. The van der Waals surface area contributed by atoms with E-state index in [1.54, 1.807) is 41.7 Å². The molecule has 0 radical (unpaired) electrons. The number of carbonyl (C=O) groups is 2. The number of hydrogen-bond acceptors (Lipinski definition) is 6. The predicted molar refractivity (Wildman–Crippen MR) is 121 cm³/mol. The smallest absolute Gasteiger partial charge is 0.445 e. The van der Waals surface area contributed by atoms with Gasteiger partial charge in [0.25, 0.3) is 5.91 Å². The lowest BCUT2D eigenvalue weighted by atomic mass is 10.1. The highest BCUT2D eigenvalue weighted by molar-refractivity contribution is 7.38. The van der Waals surface area contributed by atoms with Gasteiger partial charge in [-0.05, 0) is 51.4 Å². The molecule has 0 saturated carbocycles. The summed E-state index contributed by atoms with van der Waals surface area (Å²) >= 11 is 1.60. The predicted octanol–water partition coefficient (Wildman–Crippen LogP) is 4.21. The summed E-state index contributed by atoms with van der Waals surface area (Å²) in [5.41, 5.74) is 9.21. The molecule has 0 spiro atoms. The highest BCUT2D eigenvalue weighted by Gasteiger charge is 2.12. The summed E-state index contributed by atoms with van der Waals surface area (Å²) in [5, 5.41) is 7.36. The number of nitrogens with two attached hydrogens (primary N) is 1. The number of amides is 2. The summed E-state index contributed by atoms with van der Waals surface area (Å²) in [4.78, 5) is 33.9. The molecule has 1 unspecified atom stereocenters. The molecule has 0 bridgehead atoms. The molecule has 3 rings (SSSR count). The van der Waals surface area contributed by atoms with Crippen molar-refractivity contribution in [2.45, 2.75) is 6.54 Å². The van der Waals surface area contributed by atoms with E-state index in [-0.39, 0.29) is 25.2 Å². The molecule has 0 fully saturated rings. The minimum Gasteiger partial charge on any atom is -0.445 e. The lowest BCUT2D eigenvalue weighted by Crippen LogP contribution is -2.24. The maximum atomic E-state index is 12.6. The Morgan fingerprint density at radius 2 is 1.90 bits per heavy atom. The first-order valence-electron chi connectivity index (χ1n) is 9.30. The van der Waals surface area contributed by atoms with E-state index in [4.69, 9.17) is 15.4 Å². The van der Waals surface area contributed by atoms with Gasteiger partial charge in [0, 0.05) is 17.0 Å². The molecule has 0 aliphatic heterocycles. The van der Waals surface area contributed by atoms with Gasteiger partial charge in [0.2, 0.25) is 6.16 Å². The summed E-state index contributed by atoms with van der Waals surface area (Å²) in [5.74, 6) is -0.299. The normalized spacial score (nSPS) is 10.9. The molecular weight excluding hydrogens is 437 g/mol. The number of nitrogen functional groups attached to an aromatic ring is 1. The van der Waals surface area contributed by atoms with E-state index in [1.807, 2.05) is 29.6 Å². The van der Waals surface area contributed by atoms with E-state index in [2.05, 4.69) is 10.6 Å². The van der Waals surface area contributed by atoms with Crippen molar-refractivity contribution in [2.75, 3.05) is 23.8 Å². The molecule has 2 aromatic carbocycles. The third-order valence-electron chi connectivity index (χ3n) is 4.28. The molecule has 0 aliphatic rings. The fraction of sp³-hybridized carbons (Fsp3) is 0.143. The van der Waals surface area contributed by atoms with Crippen LogP contribution in [0.3, 0.4) is 0 Å². The number of rotatable bonds is 8. The molecule has 31 heavy (non-hydrogen) atoms. The molecule has 1 aromatic heterocycles. The average Bonchev–Trinajstić information content (AvgIpc) is 3.29. The first-order chi connectivity index (χ1) is 14.9. The molecule has 5 N–H and O–H groups in total.